The van der Waals surface area contributed by atoms with Gasteiger partial charge in [0.25, 0.3) is 0 Å². The van der Waals surface area contributed by atoms with E-state index in [4.69, 9.17) is 9.47 Å². The predicted octanol–water partition coefficient (Wildman–Crippen LogP) is 2.16. The molecular formula is C18H24O6. The lowest BCUT2D eigenvalue weighted by molar-refractivity contribution is -0.192. The molecule has 4 bridgehead atoms. The second-order valence-corrected chi connectivity index (χ2v) is 7.59. The molecule has 4 fully saturated rings. The van der Waals surface area contributed by atoms with E-state index in [0.29, 0.717) is 17.8 Å². The van der Waals surface area contributed by atoms with Gasteiger partial charge >= 0.3 is 17.9 Å². The molecule has 0 spiro atoms. The second kappa shape index (κ2) is 6.57. The first-order chi connectivity index (χ1) is 11.3. The highest BCUT2D eigenvalue weighted by Crippen LogP contribution is 2.57. The third-order valence-corrected chi connectivity index (χ3v) is 5.33. The summed E-state index contributed by atoms with van der Waals surface area (Å²) in [4.78, 5) is 34.7. The summed E-state index contributed by atoms with van der Waals surface area (Å²) in [6, 6.07) is 0. The minimum Gasteiger partial charge on any atom is -0.457 e. The Morgan fingerprint density at radius 1 is 0.917 bits per heavy atom. The van der Waals surface area contributed by atoms with E-state index in [0.717, 1.165) is 19.3 Å². The lowest BCUT2D eigenvalue weighted by atomic mass is 9.54. The minimum absolute atomic E-state index is 0.198. The van der Waals surface area contributed by atoms with Crippen molar-refractivity contribution in [3.05, 3.63) is 12.2 Å². The maximum Gasteiger partial charge on any atom is 0.344 e. The molecule has 0 aliphatic heterocycles. The fourth-order valence-electron chi connectivity index (χ4n) is 4.86. The van der Waals surface area contributed by atoms with E-state index in [1.807, 2.05) is 0 Å². The second-order valence-electron chi connectivity index (χ2n) is 7.59. The van der Waals surface area contributed by atoms with Crippen LogP contribution in [0.2, 0.25) is 0 Å². The van der Waals surface area contributed by atoms with Crippen molar-refractivity contribution >= 4 is 17.9 Å². The van der Waals surface area contributed by atoms with Gasteiger partial charge in [0.15, 0.2) is 13.2 Å². The minimum atomic E-state index is -0.771. The molecular weight excluding hydrogens is 312 g/mol. The molecule has 4 aliphatic rings. The van der Waals surface area contributed by atoms with Crippen LogP contribution in [0.4, 0.5) is 0 Å². The highest BCUT2D eigenvalue weighted by Gasteiger charge is 2.53. The van der Waals surface area contributed by atoms with E-state index in [9.17, 15) is 14.4 Å². The Balaban J connectivity index is 1.42. The number of rotatable bonds is 6. The zero-order valence-electron chi connectivity index (χ0n) is 14.0. The van der Waals surface area contributed by atoms with Crippen molar-refractivity contribution in [2.45, 2.75) is 51.0 Å². The Bertz CT molecular complexity index is 529. The third kappa shape index (κ3) is 3.79. The maximum absolute atomic E-state index is 12.1. The Morgan fingerprint density at radius 2 is 1.42 bits per heavy atom. The molecule has 0 aromatic carbocycles. The van der Waals surface area contributed by atoms with Crippen LogP contribution in [0.15, 0.2) is 12.2 Å². The van der Waals surface area contributed by atoms with Gasteiger partial charge in [0.1, 0.15) is 5.60 Å². The summed E-state index contributed by atoms with van der Waals surface area (Å²) < 4.78 is 15.2. The van der Waals surface area contributed by atoms with Crippen LogP contribution in [0.3, 0.4) is 0 Å². The topological polar surface area (TPSA) is 78.9 Å². The zero-order chi connectivity index (χ0) is 17.3. The van der Waals surface area contributed by atoms with E-state index in [1.54, 1.807) is 0 Å². The summed E-state index contributed by atoms with van der Waals surface area (Å²) in [6.45, 7) is 3.92. The van der Waals surface area contributed by atoms with E-state index in [1.165, 1.54) is 26.2 Å². The van der Waals surface area contributed by atoms with Crippen molar-refractivity contribution < 1.29 is 28.6 Å². The Labute approximate surface area is 141 Å². The molecule has 0 heterocycles. The molecule has 6 nitrogen and oxygen atoms in total. The quantitative estimate of drug-likeness (QED) is 0.420. The van der Waals surface area contributed by atoms with Crippen molar-refractivity contribution in [2.24, 2.45) is 17.8 Å². The van der Waals surface area contributed by atoms with E-state index in [-0.39, 0.29) is 11.2 Å². The first kappa shape index (κ1) is 17.0. The zero-order valence-corrected chi connectivity index (χ0v) is 14.0. The van der Waals surface area contributed by atoms with Gasteiger partial charge in [-0.25, -0.2) is 14.4 Å². The Morgan fingerprint density at radius 3 is 1.92 bits per heavy atom. The van der Waals surface area contributed by atoms with Crippen LogP contribution in [0, 0.1) is 17.8 Å². The fourth-order valence-corrected chi connectivity index (χ4v) is 4.86. The fraction of sp³-hybridized carbons (Fsp3) is 0.722. The summed E-state index contributed by atoms with van der Waals surface area (Å²) in [5.74, 6) is 0.0705. The van der Waals surface area contributed by atoms with Gasteiger partial charge in [0.05, 0.1) is 0 Å². The normalized spacial score (nSPS) is 33.0. The first-order valence-corrected chi connectivity index (χ1v) is 8.55. The summed E-state index contributed by atoms with van der Waals surface area (Å²) in [5, 5.41) is 0. The average Bonchev–Trinajstić information content (AvgIpc) is 2.48. The monoisotopic (exact) mass is 336 g/mol. The molecule has 4 rings (SSSR count). The van der Waals surface area contributed by atoms with Crippen LogP contribution in [0.5, 0.6) is 0 Å². The van der Waals surface area contributed by atoms with Crippen LogP contribution < -0.4 is 0 Å². The van der Waals surface area contributed by atoms with Crippen molar-refractivity contribution in [1.29, 1.82) is 0 Å². The molecule has 6 heteroatoms. The first-order valence-electron chi connectivity index (χ1n) is 8.55. The maximum atomic E-state index is 12.1. The van der Waals surface area contributed by atoms with Crippen molar-refractivity contribution in [2.75, 3.05) is 13.2 Å². The van der Waals surface area contributed by atoms with Gasteiger partial charge in [0, 0.05) is 5.57 Å². The van der Waals surface area contributed by atoms with E-state index >= 15 is 0 Å². The molecule has 132 valence electrons. The molecule has 0 N–H and O–H groups in total. The highest BCUT2D eigenvalue weighted by atomic mass is 16.6. The largest absolute Gasteiger partial charge is 0.457 e. The molecule has 0 aromatic rings. The van der Waals surface area contributed by atoms with Crippen LogP contribution in [-0.4, -0.2) is 36.7 Å². The molecule has 0 radical (unpaired) electrons. The Hall–Kier alpha value is -1.85. The summed E-state index contributed by atoms with van der Waals surface area (Å²) in [7, 11) is 0. The van der Waals surface area contributed by atoms with Gasteiger partial charge < -0.3 is 14.2 Å². The number of esters is 3. The van der Waals surface area contributed by atoms with Gasteiger partial charge in [0.2, 0.25) is 0 Å². The molecule has 0 amide bonds. The number of carbonyl (C=O) groups excluding carboxylic acids is 3. The van der Waals surface area contributed by atoms with E-state index in [2.05, 4.69) is 11.3 Å². The van der Waals surface area contributed by atoms with Gasteiger partial charge in [-0.2, -0.15) is 0 Å². The van der Waals surface area contributed by atoms with Crippen LogP contribution >= 0.6 is 0 Å². The smallest absolute Gasteiger partial charge is 0.344 e. The highest BCUT2D eigenvalue weighted by molar-refractivity contribution is 5.88. The van der Waals surface area contributed by atoms with Crippen LogP contribution in [-0.2, 0) is 28.6 Å². The Kier molecular flexibility index (Phi) is 4.65. The molecule has 24 heavy (non-hydrogen) atoms. The lowest BCUT2D eigenvalue weighted by Gasteiger charge is -2.55. The SMILES string of the molecule is C=C(C)C(=O)OCC(=O)OCC(=O)OC12CC3CC(CC(C3)C1)C2. The number of ether oxygens (including phenoxy) is 3. The predicted molar refractivity (Wildman–Crippen MR) is 83.7 cm³/mol. The van der Waals surface area contributed by atoms with Crippen LogP contribution in [0.1, 0.15) is 45.4 Å². The lowest BCUT2D eigenvalue weighted by Crippen LogP contribution is -2.53. The summed E-state index contributed by atoms with van der Waals surface area (Å²) in [5.41, 5.74) is -0.144. The van der Waals surface area contributed by atoms with Gasteiger partial charge in [-0.15, -0.1) is 0 Å². The van der Waals surface area contributed by atoms with Gasteiger partial charge in [-0.1, -0.05) is 6.58 Å². The van der Waals surface area contributed by atoms with Crippen molar-refractivity contribution in [3.8, 4) is 0 Å². The summed E-state index contributed by atoms with van der Waals surface area (Å²) in [6.07, 6.45) is 6.61. The number of hydrogen-bond donors (Lipinski definition) is 0. The molecule has 0 atom stereocenters. The van der Waals surface area contributed by atoms with Crippen molar-refractivity contribution in [3.63, 3.8) is 0 Å². The van der Waals surface area contributed by atoms with Crippen LogP contribution in [0.25, 0.3) is 0 Å². The molecule has 0 aromatic heterocycles. The molecule has 0 unspecified atom stereocenters. The van der Waals surface area contributed by atoms with Gasteiger partial charge in [-0.05, 0) is 63.2 Å². The molecule has 4 saturated carbocycles. The average molecular weight is 336 g/mol. The molecule has 0 saturated heterocycles. The van der Waals surface area contributed by atoms with Gasteiger partial charge in [-0.3, -0.25) is 0 Å². The number of carbonyl (C=O) groups is 3. The third-order valence-electron chi connectivity index (χ3n) is 5.33. The standard InChI is InChI=1S/C18H24O6/c1-11(2)17(21)23-9-15(19)22-10-16(20)24-18-6-12-3-13(7-18)5-14(4-12)8-18/h12-14H,1,3-10H2,2H3. The van der Waals surface area contributed by atoms with E-state index < -0.39 is 31.1 Å². The number of hydrogen-bond acceptors (Lipinski definition) is 6. The summed E-state index contributed by atoms with van der Waals surface area (Å²) >= 11 is 0. The van der Waals surface area contributed by atoms with Crippen molar-refractivity contribution in [1.82, 2.24) is 0 Å². The molecule has 4 aliphatic carbocycles.